The summed E-state index contributed by atoms with van der Waals surface area (Å²) in [4.78, 5) is 29.4. The van der Waals surface area contributed by atoms with Crippen molar-refractivity contribution in [2.75, 3.05) is 11.9 Å². The first-order valence-corrected chi connectivity index (χ1v) is 11.7. The van der Waals surface area contributed by atoms with Gasteiger partial charge in [-0.15, -0.1) is 0 Å². The molecule has 2 N–H and O–H groups in total. The average molecular weight is 522 g/mol. The van der Waals surface area contributed by atoms with Gasteiger partial charge in [0.15, 0.2) is 11.8 Å². The van der Waals surface area contributed by atoms with E-state index in [-0.39, 0.29) is 18.4 Å². The maximum absolute atomic E-state index is 12.3. The molecule has 0 spiro atoms. The molecule has 1 fully saturated rings. The zero-order chi connectivity index (χ0) is 23.2. The van der Waals surface area contributed by atoms with Gasteiger partial charge in [-0.2, -0.15) is 0 Å². The molecule has 0 bridgehead atoms. The molecule has 0 aliphatic carbocycles. The van der Waals surface area contributed by atoms with Crippen molar-refractivity contribution in [2.45, 2.75) is 6.92 Å². The normalized spacial score (nSPS) is 15.5. The van der Waals surface area contributed by atoms with E-state index in [9.17, 15) is 9.59 Å². The maximum Gasteiger partial charge on any atom is 0.264 e. The monoisotopic (exact) mass is 521 g/mol. The molecule has 1 aliphatic heterocycles. The number of carbonyl (C=O) groups excluding carboxylic acids is 2. The molecule has 0 aromatic heterocycles. The van der Waals surface area contributed by atoms with Gasteiger partial charge in [-0.25, -0.2) is 4.99 Å². The average Bonchev–Trinajstić information content (AvgIpc) is 3.15. The molecule has 3 aromatic carbocycles. The van der Waals surface area contributed by atoms with Gasteiger partial charge in [0.05, 0.1) is 10.6 Å². The predicted molar refractivity (Wildman–Crippen MR) is 137 cm³/mol. The van der Waals surface area contributed by atoms with Crippen molar-refractivity contribution in [3.05, 3.63) is 93.3 Å². The number of halogens is 1. The summed E-state index contributed by atoms with van der Waals surface area (Å²) in [5.41, 5.74) is 3.46. The van der Waals surface area contributed by atoms with Crippen molar-refractivity contribution < 1.29 is 14.3 Å². The van der Waals surface area contributed by atoms with Gasteiger partial charge >= 0.3 is 0 Å². The fourth-order valence-corrected chi connectivity index (χ4v) is 4.01. The van der Waals surface area contributed by atoms with Gasteiger partial charge in [-0.05, 0) is 78.9 Å². The van der Waals surface area contributed by atoms with E-state index in [4.69, 9.17) is 4.74 Å². The SMILES string of the molecule is Cc1ccc(NC(=O)COc2ccc(/C=C3\SC(=Nc4ccc(Br)cc4)NC3=O)cc2)cc1. The van der Waals surface area contributed by atoms with Gasteiger partial charge in [0.25, 0.3) is 11.8 Å². The minimum atomic E-state index is -0.235. The molecule has 0 saturated carbocycles. The minimum absolute atomic E-state index is 0.0948. The highest BCUT2D eigenvalue weighted by atomic mass is 79.9. The predicted octanol–water partition coefficient (Wildman–Crippen LogP) is 5.67. The number of amides is 2. The standard InChI is InChI=1S/C25H20BrN3O3S/c1-16-2-8-19(9-3-16)27-23(30)15-32-21-12-4-17(5-13-21)14-22-24(31)29-25(33-22)28-20-10-6-18(26)7-11-20/h2-14H,15H2,1H3,(H,27,30)(H,28,29,31)/b22-14-. The van der Waals surface area contributed by atoms with Crippen LogP contribution in [0.2, 0.25) is 0 Å². The Balaban J connectivity index is 1.33. The Morgan fingerprint density at radius 3 is 2.45 bits per heavy atom. The largest absolute Gasteiger partial charge is 0.484 e. The van der Waals surface area contributed by atoms with Gasteiger partial charge in [-0.1, -0.05) is 45.8 Å². The van der Waals surface area contributed by atoms with Crippen molar-refractivity contribution in [3.63, 3.8) is 0 Å². The molecule has 0 unspecified atom stereocenters. The number of amidine groups is 1. The summed E-state index contributed by atoms with van der Waals surface area (Å²) in [5, 5.41) is 6.11. The summed E-state index contributed by atoms with van der Waals surface area (Å²) in [5.74, 6) is 0.142. The van der Waals surface area contributed by atoms with Crippen molar-refractivity contribution in [1.29, 1.82) is 0 Å². The first kappa shape index (κ1) is 22.8. The lowest BCUT2D eigenvalue weighted by Gasteiger charge is -2.08. The van der Waals surface area contributed by atoms with E-state index in [0.717, 1.165) is 27.0 Å². The number of rotatable bonds is 6. The van der Waals surface area contributed by atoms with E-state index >= 15 is 0 Å². The van der Waals surface area contributed by atoms with E-state index in [1.807, 2.05) is 67.6 Å². The van der Waals surface area contributed by atoms with Crippen LogP contribution in [-0.4, -0.2) is 23.6 Å². The highest BCUT2D eigenvalue weighted by Crippen LogP contribution is 2.29. The van der Waals surface area contributed by atoms with Gasteiger partial charge in [-0.3, -0.25) is 9.59 Å². The third-order valence-electron chi connectivity index (χ3n) is 4.59. The number of hydrogen-bond donors (Lipinski definition) is 2. The highest BCUT2D eigenvalue weighted by molar-refractivity contribution is 9.10. The molecule has 0 atom stereocenters. The number of hydrogen-bond acceptors (Lipinski definition) is 5. The number of aliphatic imine (C=N–C) groups is 1. The van der Waals surface area contributed by atoms with Crippen LogP contribution in [0, 0.1) is 6.92 Å². The second kappa shape index (κ2) is 10.5. The van der Waals surface area contributed by atoms with Crippen LogP contribution in [0.15, 0.2) is 87.2 Å². The molecule has 33 heavy (non-hydrogen) atoms. The van der Waals surface area contributed by atoms with Crippen LogP contribution in [0.3, 0.4) is 0 Å². The second-order valence-electron chi connectivity index (χ2n) is 7.23. The Hall–Kier alpha value is -3.36. The van der Waals surface area contributed by atoms with E-state index in [1.54, 1.807) is 18.2 Å². The summed E-state index contributed by atoms with van der Waals surface area (Å²) in [6.45, 7) is 1.89. The Morgan fingerprint density at radius 2 is 1.76 bits per heavy atom. The number of benzene rings is 3. The summed E-state index contributed by atoms with van der Waals surface area (Å²) < 4.78 is 6.53. The van der Waals surface area contributed by atoms with Crippen LogP contribution in [-0.2, 0) is 9.59 Å². The van der Waals surface area contributed by atoms with Crippen molar-refractivity contribution in [3.8, 4) is 5.75 Å². The van der Waals surface area contributed by atoms with E-state index in [1.165, 1.54) is 11.8 Å². The Bertz CT molecular complexity index is 1220. The fourth-order valence-electron chi connectivity index (χ4n) is 2.91. The Labute approximate surface area is 204 Å². The van der Waals surface area contributed by atoms with Crippen molar-refractivity contribution in [2.24, 2.45) is 4.99 Å². The van der Waals surface area contributed by atoms with Gasteiger partial charge in [0.1, 0.15) is 5.75 Å². The molecule has 3 aromatic rings. The first-order valence-electron chi connectivity index (χ1n) is 10.1. The Morgan fingerprint density at radius 1 is 1.06 bits per heavy atom. The van der Waals surface area contributed by atoms with Crippen LogP contribution in [0.5, 0.6) is 5.75 Å². The highest BCUT2D eigenvalue weighted by Gasteiger charge is 2.23. The molecular formula is C25H20BrN3O3S. The van der Waals surface area contributed by atoms with Gasteiger partial charge in [0, 0.05) is 10.2 Å². The molecule has 2 amide bonds. The van der Waals surface area contributed by atoms with Crippen LogP contribution < -0.4 is 15.4 Å². The zero-order valence-corrected chi connectivity index (χ0v) is 20.1. The molecule has 1 saturated heterocycles. The number of thioether (sulfide) groups is 1. The third-order valence-corrected chi connectivity index (χ3v) is 6.03. The van der Waals surface area contributed by atoms with E-state index < -0.39 is 0 Å². The summed E-state index contributed by atoms with van der Waals surface area (Å²) >= 11 is 4.68. The number of nitrogens with one attached hydrogen (secondary N) is 2. The van der Waals surface area contributed by atoms with Crippen LogP contribution in [0.1, 0.15) is 11.1 Å². The molecule has 166 valence electrons. The number of carbonyl (C=O) groups is 2. The van der Waals surface area contributed by atoms with E-state index in [2.05, 4.69) is 31.6 Å². The van der Waals surface area contributed by atoms with E-state index in [0.29, 0.717) is 15.8 Å². The lowest BCUT2D eigenvalue weighted by Crippen LogP contribution is -2.20. The molecule has 4 rings (SSSR count). The van der Waals surface area contributed by atoms with Crippen molar-refractivity contribution in [1.82, 2.24) is 5.32 Å². The molecule has 1 heterocycles. The lowest BCUT2D eigenvalue weighted by atomic mass is 10.2. The number of aryl methyl sites for hydroxylation is 1. The molecule has 6 nitrogen and oxygen atoms in total. The molecular weight excluding hydrogens is 502 g/mol. The number of anilines is 1. The van der Waals surface area contributed by atoms with Gasteiger partial charge < -0.3 is 15.4 Å². The molecule has 8 heteroatoms. The molecule has 0 radical (unpaired) electrons. The minimum Gasteiger partial charge on any atom is -0.484 e. The number of ether oxygens (including phenoxy) is 1. The smallest absolute Gasteiger partial charge is 0.264 e. The van der Waals surface area contributed by atoms with Crippen molar-refractivity contribution >= 4 is 62.1 Å². The van der Waals surface area contributed by atoms with Gasteiger partial charge in [0.2, 0.25) is 0 Å². The Kier molecular flexibility index (Phi) is 7.26. The summed E-state index contributed by atoms with van der Waals surface area (Å²) in [6, 6.07) is 22.3. The lowest BCUT2D eigenvalue weighted by molar-refractivity contribution is -0.118. The second-order valence-corrected chi connectivity index (χ2v) is 9.18. The first-order chi connectivity index (χ1) is 15.9. The van der Waals surface area contributed by atoms with Crippen LogP contribution in [0.25, 0.3) is 6.08 Å². The van der Waals surface area contributed by atoms with Crippen LogP contribution in [0.4, 0.5) is 11.4 Å². The summed E-state index contributed by atoms with van der Waals surface area (Å²) in [7, 11) is 0. The summed E-state index contributed by atoms with van der Waals surface area (Å²) in [6.07, 6.45) is 1.79. The molecule has 1 aliphatic rings. The number of nitrogens with zero attached hydrogens (tertiary/aromatic N) is 1. The third kappa shape index (κ3) is 6.57. The quantitative estimate of drug-likeness (QED) is 0.409. The topological polar surface area (TPSA) is 79.8 Å². The fraction of sp³-hybridized carbons (Fsp3) is 0.0800. The zero-order valence-electron chi connectivity index (χ0n) is 17.7. The van der Waals surface area contributed by atoms with Crippen LogP contribution >= 0.6 is 27.7 Å². The maximum atomic E-state index is 12.3.